The van der Waals surface area contributed by atoms with E-state index >= 15 is 0 Å². The number of fused-ring (bicyclic) bond motifs is 1. The van der Waals surface area contributed by atoms with Crippen molar-refractivity contribution in [3.8, 4) is 0 Å². The van der Waals surface area contributed by atoms with Gasteiger partial charge in [0.05, 0.1) is 19.0 Å². The number of thiol groups is 1. The monoisotopic (exact) mass is 220 g/mol. The normalized spacial score (nSPS) is 41.0. The Bertz CT molecular complexity index is 234. The molecule has 0 amide bonds. The summed E-state index contributed by atoms with van der Waals surface area (Å²) in [4.78, 5) is 11.0. The minimum absolute atomic E-state index is 0.0381. The largest absolute Gasteiger partial charge is 0.456 e. The van der Waals surface area contributed by atoms with Gasteiger partial charge < -0.3 is 19.3 Å². The molecule has 6 heteroatoms. The summed E-state index contributed by atoms with van der Waals surface area (Å²) in [6.45, 7) is 0.524. The molecule has 5 nitrogen and oxygen atoms in total. The molecule has 2 rings (SSSR count). The van der Waals surface area contributed by atoms with E-state index in [4.69, 9.17) is 14.2 Å². The molecular weight excluding hydrogens is 208 g/mol. The molecule has 0 aromatic rings. The Morgan fingerprint density at radius 2 is 2.14 bits per heavy atom. The molecule has 2 heterocycles. The van der Waals surface area contributed by atoms with Crippen LogP contribution >= 0.6 is 12.6 Å². The van der Waals surface area contributed by atoms with Gasteiger partial charge in [-0.25, -0.2) is 0 Å². The van der Waals surface area contributed by atoms with Gasteiger partial charge in [-0.1, -0.05) is 0 Å². The molecule has 14 heavy (non-hydrogen) atoms. The van der Waals surface area contributed by atoms with Crippen LogP contribution in [0.4, 0.5) is 0 Å². The lowest BCUT2D eigenvalue weighted by Gasteiger charge is -2.15. The van der Waals surface area contributed by atoms with Crippen LogP contribution in [0.3, 0.4) is 0 Å². The Labute approximate surface area is 86.7 Å². The van der Waals surface area contributed by atoms with Gasteiger partial charge in [-0.3, -0.25) is 4.79 Å². The van der Waals surface area contributed by atoms with Gasteiger partial charge in [0.1, 0.15) is 18.3 Å². The molecule has 4 atom stereocenters. The summed E-state index contributed by atoms with van der Waals surface area (Å²) in [5.74, 6) is -0.358. The summed E-state index contributed by atoms with van der Waals surface area (Å²) < 4.78 is 15.6. The molecule has 0 aromatic heterocycles. The fourth-order valence-electron chi connectivity index (χ4n) is 1.75. The molecule has 0 radical (unpaired) electrons. The van der Waals surface area contributed by atoms with E-state index in [0.717, 1.165) is 0 Å². The van der Waals surface area contributed by atoms with Gasteiger partial charge in [-0.05, 0) is 0 Å². The quantitative estimate of drug-likeness (QED) is 0.461. The number of hydrogen-bond donors (Lipinski definition) is 2. The van der Waals surface area contributed by atoms with Crippen molar-refractivity contribution in [2.45, 2.75) is 24.4 Å². The predicted octanol–water partition coefficient (Wildman–Crippen LogP) is -1.01. The summed E-state index contributed by atoms with van der Waals surface area (Å²) >= 11 is 3.80. The van der Waals surface area contributed by atoms with Crippen molar-refractivity contribution >= 4 is 18.6 Å². The number of hydrogen-bond acceptors (Lipinski definition) is 6. The van der Waals surface area contributed by atoms with E-state index in [1.807, 2.05) is 0 Å². The highest BCUT2D eigenvalue weighted by Crippen LogP contribution is 2.28. The second-order valence-corrected chi connectivity index (χ2v) is 3.67. The van der Waals surface area contributed by atoms with Gasteiger partial charge in [0.15, 0.2) is 6.10 Å². The highest BCUT2D eigenvalue weighted by Gasteiger charge is 2.48. The summed E-state index contributed by atoms with van der Waals surface area (Å²) in [7, 11) is 0. The SMILES string of the molecule is O=C(CS)O[C@H]1CO[C@H]2[C@@H]1OC[C@H]2O. The van der Waals surface area contributed by atoms with Crippen molar-refractivity contribution < 1.29 is 24.1 Å². The predicted molar refractivity (Wildman–Crippen MR) is 49.2 cm³/mol. The zero-order valence-electron chi connectivity index (χ0n) is 7.46. The van der Waals surface area contributed by atoms with Crippen molar-refractivity contribution in [3.63, 3.8) is 0 Å². The van der Waals surface area contributed by atoms with Gasteiger partial charge in [0, 0.05) is 0 Å². The molecule has 0 bridgehead atoms. The van der Waals surface area contributed by atoms with E-state index in [9.17, 15) is 9.90 Å². The second kappa shape index (κ2) is 4.06. The number of aliphatic hydroxyl groups is 1. The zero-order chi connectivity index (χ0) is 10.1. The first kappa shape index (κ1) is 10.2. The number of rotatable bonds is 2. The van der Waals surface area contributed by atoms with Crippen LogP contribution < -0.4 is 0 Å². The maximum atomic E-state index is 11.0. The summed E-state index contributed by atoms with van der Waals surface area (Å²) in [5.41, 5.74) is 0. The van der Waals surface area contributed by atoms with Crippen LogP contribution in [0, 0.1) is 0 Å². The van der Waals surface area contributed by atoms with Gasteiger partial charge >= 0.3 is 5.97 Å². The lowest BCUT2D eigenvalue weighted by Crippen LogP contribution is -2.34. The minimum Gasteiger partial charge on any atom is -0.456 e. The average molecular weight is 220 g/mol. The number of ether oxygens (including phenoxy) is 3. The molecule has 2 aliphatic heterocycles. The number of esters is 1. The molecule has 2 aliphatic rings. The van der Waals surface area contributed by atoms with Crippen molar-refractivity contribution in [1.82, 2.24) is 0 Å². The Hall–Kier alpha value is -0.300. The van der Waals surface area contributed by atoms with E-state index in [1.165, 1.54) is 0 Å². The van der Waals surface area contributed by atoms with E-state index < -0.39 is 18.2 Å². The molecule has 1 N–H and O–H groups in total. The molecule has 0 unspecified atom stereocenters. The van der Waals surface area contributed by atoms with E-state index in [2.05, 4.69) is 12.6 Å². The van der Waals surface area contributed by atoms with Gasteiger partial charge in [0.25, 0.3) is 0 Å². The van der Waals surface area contributed by atoms with Crippen molar-refractivity contribution in [2.75, 3.05) is 19.0 Å². The first-order chi connectivity index (χ1) is 6.72. The maximum absolute atomic E-state index is 11.0. The summed E-state index contributed by atoms with van der Waals surface area (Å²) in [6.07, 6.45) is -1.70. The Morgan fingerprint density at radius 3 is 2.86 bits per heavy atom. The standard InChI is InChI=1S/C8H12O5S/c9-4-1-11-8-5(2-12-7(4)8)13-6(10)3-14/h4-5,7-9,14H,1-3H2/t4-,5+,7-,8-/m1/s1. The van der Waals surface area contributed by atoms with Gasteiger partial charge in [-0.2, -0.15) is 12.6 Å². The lowest BCUT2D eigenvalue weighted by molar-refractivity contribution is -0.150. The van der Waals surface area contributed by atoms with Crippen LogP contribution in [0.15, 0.2) is 0 Å². The van der Waals surface area contributed by atoms with Crippen LogP contribution in [0.5, 0.6) is 0 Å². The van der Waals surface area contributed by atoms with Crippen molar-refractivity contribution in [3.05, 3.63) is 0 Å². The van der Waals surface area contributed by atoms with E-state index in [1.54, 1.807) is 0 Å². The average Bonchev–Trinajstić information content (AvgIpc) is 2.72. The Morgan fingerprint density at radius 1 is 1.43 bits per heavy atom. The van der Waals surface area contributed by atoms with E-state index in [0.29, 0.717) is 0 Å². The first-order valence-electron chi connectivity index (χ1n) is 4.44. The number of aliphatic hydroxyl groups excluding tert-OH is 1. The van der Waals surface area contributed by atoms with E-state index in [-0.39, 0.29) is 31.2 Å². The second-order valence-electron chi connectivity index (χ2n) is 3.35. The van der Waals surface area contributed by atoms with Gasteiger partial charge in [-0.15, -0.1) is 0 Å². The smallest absolute Gasteiger partial charge is 0.316 e. The summed E-state index contributed by atoms with van der Waals surface area (Å²) in [6, 6.07) is 0. The Balaban J connectivity index is 1.93. The molecule has 0 aromatic carbocycles. The molecule has 0 saturated carbocycles. The summed E-state index contributed by atoms with van der Waals surface area (Å²) in [5, 5.41) is 9.40. The van der Waals surface area contributed by atoms with Crippen LogP contribution in [0.1, 0.15) is 0 Å². The molecule has 0 aliphatic carbocycles. The fourth-order valence-corrected chi connectivity index (χ4v) is 1.83. The van der Waals surface area contributed by atoms with Crippen LogP contribution in [-0.4, -0.2) is 54.5 Å². The topological polar surface area (TPSA) is 65.0 Å². The highest BCUT2D eigenvalue weighted by molar-refractivity contribution is 7.81. The minimum atomic E-state index is -0.611. The number of carbonyl (C=O) groups is 1. The third-order valence-corrected chi connectivity index (χ3v) is 2.65. The highest BCUT2D eigenvalue weighted by atomic mass is 32.1. The molecule has 0 spiro atoms. The fraction of sp³-hybridized carbons (Fsp3) is 0.875. The van der Waals surface area contributed by atoms with Crippen molar-refractivity contribution in [1.29, 1.82) is 0 Å². The molecule has 80 valence electrons. The van der Waals surface area contributed by atoms with Crippen LogP contribution in [0.2, 0.25) is 0 Å². The van der Waals surface area contributed by atoms with Crippen LogP contribution in [0.25, 0.3) is 0 Å². The zero-order valence-corrected chi connectivity index (χ0v) is 8.35. The lowest BCUT2D eigenvalue weighted by atomic mass is 10.1. The first-order valence-corrected chi connectivity index (χ1v) is 5.07. The molecule has 2 saturated heterocycles. The van der Waals surface area contributed by atoms with Crippen molar-refractivity contribution in [2.24, 2.45) is 0 Å². The molecular formula is C8H12O5S. The Kier molecular flexibility index (Phi) is 2.96. The third-order valence-electron chi connectivity index (χ3n) is 2.39. The third kappa shape index (κ3) is 1.75. The maximum Gasteiger partial charge on any atom is 0.316 e. The number of carbonyl (C=O) groups excluding carboxylic acids is 1. The molecule has 2 fully saturated rings. The van der Waals surface area contributed by atoms with Crippen LogP contribution in [-0.2, 0) is 19.0 Å². The van der Waals surface area contributed by atoms with Gasteiger partial charge in [0.2, 0.25) is 0 Å².